The number of halogens is 2. The molecule has 4 heterocycles. The van der Waals surface area contributed by atoms with Crippen molar-refractivity contribution in [2.24, 2.45) is 5.16 Å². The lowest BCUT2D eigenvalue weighted by Crippen LogP contribution is -2.71. The van der Waals surface area contributed by atoms with Crippen molar-refractivity contribution < 1.29 is 38.6 Å². The van der Waals surface area contributed by atoms with E-state index in [0.717, 1.165) is 49.0 Å². The van der Waals surface area contributed by atoms with Crippen LogP contribution in [0.15, 0.2) is 33.5 Å². The van der Waals surface area contributed by atoms with Gasteiger partial charge in [0, 0.05) is 40.5 Å². The molecule has 0 spiro atoms. The lowest BCUT2D eigenvalue weighted by Gasteiger charge is -2.49. The second-order valence-corrected chi connectivity index (χ2v) is 12.8. The maximum atomic E-state index is 13.5. The lowest BCUT2D eigenvalue weighted by molar-refractivity contribution is -0.169. The third-order valence-corrected chi connectivity index (χ3v) is 10.1. The van der Waals surface area contributed by atoms with Crippen LogP contribution >= 0.6 is 59.7 Å². The molecule has 2 fully saturated rings. The van der Waals surface area contributed by atoms with Gasteiger partial charge < -0.3 is 30.5 Å². The number of anilines is 1. The number of H-pyrrole nitrogens is 1. The van der Waals surface area contributed by atoms with Gasteiger partial charge in [0.2, 0.25) is 6.29 Å². The predicted molar refractivity (Wildman–Crippen MR) is 171 cm³/mol. The van der Waals surface area contributed by atoms with E-state index in [2.05, 4.69) is 25.7 Å². The van der Waals surface area contributed by atoms with Gasteiger partial charge in [0.1, 0.15) is 28.9 Å². The second-order valence-electron chi connectivity index (χ2n) is 9.77. The summed E-state index contributed by atoms with van der Waals surface area (Å²) in [6, 6.07) is -1.02. The number of hydrogen-bond acceptors (Lipinski definition) is 15. The molecule has 1 saturated heterocycles. The molecule has 2 aliphatic heterocycles. The first-order valence-corrected chi connectivity index (χ1v) is 16.3. The standard InChI is InChI=1S/C25H29N7O8S3.2ClH/c1-12(39-25(36)40-14-5-3-2-4-6-14)38-23(35)19-16(41-9-13-7-27-28-8-13)11-42-22-18(21(34)32(19)22)30-20(33)17(31-37)15-10-43-24(26)29-15;;/h7-8,10,12,14,18,22,37H,2-6,9,11H2,1H3,(H2,26,29)(H,27,28)(H,30,33);2*1H/b31-17-;;/t12?,18-,22-;;/m1../s1. The summed E-state index contributed by atoms with van der Waals surface area (Å²) >= 11 is 3.73. The van der Waals surface area contributed by atoms with Crippen molar-refractivity contribution >= 4 is 94.5 Å². The number of ether oxygens (including phenoxy) is 3. The van der Waals surface area contributed by atoms with Gasteiger partial charge in [0.25, 0.3) is 11.8 Å². The van der Waals surface area contributed by atoms with Crippen molar-refractivity contribution in [2.75, 3.05) is 11.5 Å². The number of nitrogen functional groups attached to an aromatic ring is 1. The minimum absolute atomic E-state index is 0. The summed E-state index contributed by atoms with van der Waals surface area (Å²) in [5.41, 5.74) is 6.14. The molecule has 15 nitrogen and oxygen atoms in total. The number of thiazole rings is 1. The number of rotatable bonds is 10. The number of nitrogens with one attached hydrogen (secondary N) is 2. The molecular formula is C25H31Cl2N7O8S3. The van der Waals surface area contributed by atoms with E-state index >= 15 is 0 Å². The highest BCUT2D eigenvalue weighted by Gasteiger charge is 2.55. The molecule has 0 bridgehead atoms. The summed E-state index contributed by atoms with van der Waals surface area (Å²) in [6.07, 6.45) is 5.45. The smallest absolute Gasteiger partial charge is 0.431 e. The highest BCUT2D eigenvalue weighted by Crippen LogP contribution is 2.44. The number of hydrogen-bond donors (Lipinski definition) is 4. The van der Waals surface area contributed by atoms with Crippen LogP contribution in [0, 0.1) is 0 Å². The van der Waals surface area contributed by atoms with Gasteiger partial charge in [0.05, 0.1) is 6.20 Å². The van der Waals surface area contributed by atoms with Crippen LogP contribution < -0.4 is 11.1 Å². The van der Waals surface area contributed by atoms with Crippen LogP contribution in [0.25, 0.3) is 0 Å². The number of oxime groups is 1. The zero-order valence-electron chi connectivity index (χ0n) is 23.7. The summed E-state index contributed by atoms with van der Waals surface area (Å²) in [5.74, 6) is -1.48. The van der Waals surface area contributed by atoms with Gasteiger partial charge in [-0.05, 0) is 25.7 Å². The first-order chi connectivity index (χ1) is 20.7. The van der Waals surface area contributed by atoms with E-state index in [1.165, 1.54) is 40.7 Å². The lowest BCUT2D eigenvalue weighted by atomic mass is 9.98. The summed E-state index contributed by atoms with van der Waals surface area (Å²) < 4.78 is 16.0. The van der Waals surface area contributed by atoms with Gasteiger partial charge in [-0.1, -0.05) is 11.6 Å². The Kier molecular flexibility index (Phi) is 13.2. The Morgan fingerprint density at radius 3 is 2.67 bits per heavy atom. The van der Waals surface area contributed by atoms with E-state index in [1.807, 2.05) is 0 Å². The molecule has 0 radical (unpaired) electrons. The fraction of sp³-hybridized carbons (Fsp3) is 0.480. The van der Waals surface area contributed by atoms with E-state index in [4.69, 9.17) is 19.9 Å². The molecule has 3 atom stereocenters. The number of amides is 2. The number of nitrogens with two attached hydrogens (primary N) is 1. The molecule has 1 aliphatic carbocycles. The topological polar surface area (TPSA) is 211 Å². The predicted octanol–water partition coefficient (Wildman–Crippen LogP) is 3.39. The van der Waals surface area contributed by atoms with Crippen molar-refractivity contribution in [2.45, 2.75) is 68.6 Å². The molecule has 5 N–H and O–H groups in total. The number of esters is 1. The minimum Gasteiger partial charge on any atom is -0.431 e. The Morgan fingerprint density at radius 1 is 1.27 bits per heavy atom. The first kappa shape index (κ1) is 36.3. The van der Waals surface area contributed by atoms with E-state index in [9.17, 15) is 24.4 Å². The molecule has 2 aromatic rings. The van der Waals surface area contributed by atoms with Gasteiger partial charge in [-0.2, -0.15) is 5.10 Å². The van der Waals surface area contributed by atoms with Gasteiger partial charge in [0.15, 0.2) is 10.8 Å². The molecule has 246 valence electrons. The average Bonchev–Trinajstić information content (AvgIpc) is 3.67. The maximum Gasteiger partial charge on any atom is 0.511 e. The Bertz CT molecular complexity index is 1440. The largest absolute Gasteiger partial charge is 0.511 e. The fourth-order valence-corrected chi connectivity index (χ4v) is 7.85. The fourth-order valence-electron chi connectivity index (χ4n) is 4.75. The van der Waals surface area contributed by atoms with E-state index in [0.29, 0.717) is 16.4 Å². The third kappa shape index (κ3) is 8.55. The van der Waals surface area contributed by atoms with Crippen LogP contribution in [0.5, 0.6) is 0 Å². The Hall–Kier alpha value is -3.19. The molecule has 2 aromatic heterocycles. The number of carbonyl (C=O) groups excluding carboxylic acids is 4. The van der Waals surface area contributed by atoms with Crippen LogP contribution in [0.4, 0.5) is 9.93 Å². The summed E-state index contributed by atoms with van der Waals surface area (Å²) in [7, 11) is 0. The number of carbonyl (C=O) groups is 4. The van der Waals surface area contributed by atoms with Crippen molar-refractivity contribution in [1.29, 1.82) is 0 Å². The van der Waals surface area contributed by atoms with Crippen molar-refractivity contribution in [3.05, 3.63) is 39.6 Å². The number of nitrogens with zero attached hydrogens (tertiary/aromatic N) is 4. The van der Waals surface area contributed by atoms with Gasteiger partial charge in [-0.25, -0.2) is 14.6 Å². The quantitative estimate of drug-likeness (QED) is 0.0692. The number of fused-ring (bicyclic) bond motifs is 1. The monoisotopic (exact) mass is 723 g/mol. The number of thioether (sulfide) groups is 2. The average molecular weight is 725 g/mol. The summed E-state index contributed by atoms with van der Waals surface area (Å²) in [6.45, 7) is 1.38. The van der Waals surface area contributed by atoms with Crippen molar-refractivity contribution in [3.8, 4) is 0 Å². The molecule has 0 aromatic carbocycles. The zero-order valence-corrected chi connectivity index (χ0v) is 27.8. The number of β-lactam (4-membered cyclic amide) rings is 1. The first-order valence-electron chi connectivity index (χ1n) is 13.4. The molecule has 2 amide bonds. The van der Waals surface area contributed by atoms with E-state index < -0.39 is 47.4 Å². The highest BCUT2D eigenvalue weighted by atomic mass is 35.5. The van der Waals surface area contributed by atoms with Crippen LogP contribution in [0.3, 0.4) is 0 Å². The van der Waals surface area contributed by atoms with Gasteiger partial charge in [-0.3, -0.25) is 19.6 Å². The van der Waals surface area contributed by atoms with Crippen LogP contribution in [0.1, 0.15) is 50.3 Å². The van der Waals surface area contributed by atoms with Gasteiger partial charge >= 0.3 is 12.1 Å². The Labute approximate surface area is 282 Å². The SMILES string of the molecule is CC(OC(=O)OC1CCCCC1)OC(=O)C1=C(SCc2cn[nH]c2)CS[C@@H]2[C@H](NC(=O)/C(=N\O)c3csc(N)n3)C(=O)N12.Cl.Cl. The summed E-state index contributed by atoms with van der Waals surface area (Å²) in [5, 5.41) is 22.6. The molecule has 5 rings (SSSR count). The van der Waals surface area contributed by atoms with Crippen molar-refractivity contribution in [1.82, 2.24) is 25.4 Å². The number of aromatic nitrogens is 3. The van der Waals surface area contributed by atoms with Crippen molar-refractivity contribution in [3.63, 3.8) is 0 Å². The van der Waals surface area contributed by atoms with Crippen LogP contribution in [-0.4, -0.2) is 84.5 Å². The molecule has 3 aliphatic rings. The molecule has 1 saturated carbocycles. The highest BCUT2D eigenvalue weighted by molar-refractivity contribution is 8.05. The zero-order chi connectivity index (χ0) is 30.5. The Morgan fingerprint density at radius 2 is 2.02 bits per heavy atom. The Balaban J connectivity index is 0.00000276. The molecule has 20 heteroatoms. The molecule has 45 heavy (non-hydrogen) atoms. The number of aromatic amines is 1. The third-order valence-electron chi connectivity index (χ3n) is 6.81. The van der Waals surface area contributed by atoms with E-state index in [1.54, 1.807) is 12.4 Å². The normalized spacial score (nSPS) is 20.5. The van der Waals surface area contributed by atoms with Gasteiger partial charge in [-0.15, -0.1) is 59.7 Å². The maximum absolute atomic E-state index is 13.5. The summed E-state index contributed by atoms with van der Waals surface area (Å²) in [4.78, 5) is 57.7. The van der Waals surface area contributed by atoms with Crippen LogP contribution in [0.2, 0.25) is 0 Å². The van der Waals surface area contributed by atoms with Crippen LogP contribution in [-0.2, 0) is 34.3 Å². The second kappa shape index (κ2) is 16.4. The molecule has 1 unspecified atom stereocenters. The molecular weight excluding hydrogens is 693 g/mol. The minimum atomic E-state index is -1.29. The van der Waals surface area contributed by atoms with E-state index in [-0.39, 0.29) is 47.4 Å².